The zero-order valence-electron chi connectivity index (χ0n) is 12.1. The Morgan fingerprint density at radius 3 is 2.71 bits per heavy atom. The number of pyridine rings is 1. The number of likely N-dealkylation sites (N-methyl/N-ethyl adjacent to an activating group) is 1. The molecule has 6 nitrogen and oxygen atoms in total. The van der Waals surface area contributed by atoms with Crippen LogP contribution in [0.2, 0.25) is 0 Å². The lowest BCUT2D eigenvalue weighted by atomic mass is 10.2. The summed E-state index contributed by atoms with van der Waals surface area (Å²) in [5.41, 5.74) is 0.907. The van der Waals surface area contributed by atoms with E-state index in [1.54, 1.807) is 19.1 Å². The first-order valence-corrected chi connectivity index (χ1v) is 6.54. The van der Waals surface area contributed by atoms with Crippen LogP contribution in [0.1, 0.15) is 29.4 Å². The number of hydrogen-bond donors (Lipinski definition) is 1. The molecule has 1 N–H and O–H groups in total. The van der Waals surface area contributed by atoms with E-state index in [4.69, 9.17) is 5.11 Å². The van der Waals surface area contributed by atoms with Crippen molar-refractivity contribution in [3.63, 3.8) is 0 Å². The Morgan fingerprint density at radius 2 is 2.19 bits per heavy atom. The quantitative estimate of drug-likeness (QED) is 0.629. The largest absolute Gasteiger partial charge is 0.468 e. The lowest BCUT2D eigenvalue weighted by Crippen LogP contribution is -2.36. The molecule has 0 aliphatic carbocycles. The molecule has 0 unspecified atom stereocenters. The Morgan fingerprint density at radius 1 is 1.43 bits per heavy atom. The fourth-order valence-corrected chi connectivity index (χ4v) is 1.52. The van der Waals surface area contributed by atoms with Gasteiger partial charge in [-0.05, 0) is 19.1 Å². The molecule has 0 atom stereocenters. The molecule has 1 rings (SSSR count). The van der Waals surface area contributed by atoms with E-state index in [2.05, 4.69) is 21.6 Å². The Balaban J connectivity index is 2.78. The van der Waals surface area contributed by atoms with Crippen LogP contribution < -0.4 is 0 Å². The third-order valence-corrected chi connectivity index (χ3v) is 2.67. The Labute approximate surface area is 123 Å². The van der Waals surface area contributed by atoms with Gasteiger partial charge in [0.15, 0.2) is 0 Å². The number of hydrogen-bond acceptors (Lipinski definition) is 5. The third-order valence-electron chi connectivity index (χ3n) is 2.67. The molecule has 0 bridgehead atoms. The lowest BCUT2D eigenvalue weighted by Gasteiger charge is -2.18. The van der Waals surface area contributed by atoms with Gasteiger partial charge in [-0.1, -0.05) is 11.8 Å². The molecule has 112 valence electrons. The molecule has 0 saturated carbocycles. The fourth-order valence-electron chi connectivity index (χ4n) is 1.52. The molecular weight excluding hydrogens is 272 g/mol. The number of esters is 1. The number of rotatable bonds is 5. The first-order valence-electron chi connectivity index (χ1n) is 6.54. The van der Waals surface area contributed by atoms with E-state index in [1.165, 1.54) is 18.2 Å². The molecule has 1 heterocycles. The van der Waals surface area contributed by atoms with Crippen molar-refractivity contribution in [1.82, 2.24) is 9.88 Å². The zero-order valence-corrected chi connectivity index (χ0v) is 12.1. The van der Waals surface area contributed by atoms with Crippen LogP contribution in [0.15, 0.2) is 18.3 Å². The van der Waals surface area contributed by atoms with Crippen molar-refractivity contribution in [3.05, 3.63) is 29.6 Å². The summed E-state index contributed by atoms with van der Waals surface area (Å²) >= 11 is 0. The molecule has 21 heavy (non-hydrogen) atoms. The van der Waals surface area contributed by atoms with Gasteiger partial charge in [-0.15, -0.1) is 0 Å². The molecule has 0 aliphatic rings. The van der Waals surface area contributed by atoms with Crippen LogP contribution in [0.3, 0.4) is 0 Å². The number of nitrogens with zero attached hydrogens (tertiary/aromatic N) is 2. The van der Waals surface area contributed by atoms with E-state index < -0.39 is 5.97 Å². The number of ether oxygens (including phenoxy) is 1. The van der Waals surface area contributed by atoms with Gasteiger partial charge in [-0.25, -0.2) is 4.98 Å². The number of aromatic nitrogens is 1. The van der Waals surface area contributed by atoms with Crippen molar-refractivity contribution in [1.29, 1.82) is 0 Å². The number of carbonyl (C=O) groups excluding carboxylic acids is 2. The highest BCUT2D eigenvalue weighted by Gasteiger charge is 2.18. The molecule has 0 spiro atoms. The van der Waals surface area contributed by atoms with Gasteiger partial charge in [-0.3, -0.25) is 9.59 Å². The minimum Gasteiger partial charge on any atom is -0.468 e. The van der Waals surface area contributed by atoms with Crippen molar-refractivity contribution < 1.29 is 19.4 Å². The lowest BCUT2D eigenvalue weighted by molar-refractivity contribution is -0.141. The predicted molar refractivity (Wildman–Crippen MR) is 76.4 cm³/mol. The van der Waals surface area contributed by atoms with Crippen LogP contribution in [0, 0.1) is 11.8 Å². The molecule has 6 heteroatoms. The Hall–Kier alpha value is -2.39. The molecule has 0 aliphatic heterocycles. The van der Waals surface area contributed by atoms with Crippen molar-refractivity contribution in [2.24, 2.45) is 0 Å². The van der Waals surface area contributed by atoms with Crippen LogP contribution in [0.5, 0.6) is 0 Å². The second-order valence-corrected chi connectivity index (χ2v) is 4.10. The Kier molecular flexibility index (Phi) is 6.92. The van der Waals surface area contributed by atoms with Gasteiger partial charge >= 0.3 is 5.97 Å². The maximum absolute atomic E-state index is 12.2. The summed E-state index contributed by atoms with van der Waals surface area (Å²) in [6.07, 6.45) is 1.88. The molecule has 1 aromatic heterocycles. The van der Waals surface area contributed by atoms with E-state index in [9.17, 15) is 9.59 Å². The highest BCUT2D eigenvalue weighted by Crippen LogP contribution is 2.04. The Bertz CT molecular complexity index is 543. The van der Waals surface area contributed by atoms with Gasteiger partial charge in [0.2, 0.25) is 0 Å². The monoisotopic (exact) mass is 290 g/mol. The third kappa shape index (κ3) is 5.24. The second kappa shape index (κ2) is 8.72. The van der Waals surface area contributed by atoms with Gasteiger partial charge in [0, 0.05) is 24.7 Å². The maximum Gasteiger partial charge on any atom is 0.325 e. The number of methoxy groups -OCH3 is 1. The van der Waals surface area contributed by atoms with Crippen LogP contribution in [0.25, 0.3) is 0 Å². The summed E-state index contributed by atoms with van der Waals surface area (Å²) in [5.74, 6) is 4.79. The zero-order chi connectivity index (χ0) is 15.7. The van der Waals surface area contributed by atoms with Crippen LogP contribution in [0.4, 0.5) is 0 Å². The summed E-state index contributed by atoms with van der Waals surface area (Å²) in [6.45, 7) is 2.06. The summed E-state index contributed by atoms with van der Waals surface area (Å²) in [7, 11) is 1.28. The molecule has 0 fully saturated rings. The normalized spacial score (nSPS) is 9.48. The van der Waals surface area contributed by atoms with E-state index in [0.717, 1.165) is 0 Å². The van der Waals surface area contributed by atoms with Crippen LogP contribution in [-0.2, 0) is 9.53 Å². The summed E-state index contributed by atoms with van der Waals surface area (Å²) in [5, 5.41) is 8.64. The van der Waals surface area contributed by atoms with E-state index >= 15 is 0 Å². The molecule has 0 aromatic carbocycles. The van der Waals surface area contributed by atoms with E-state index in [0.29, 0.717) is 18.5 Å². The standard InChI is InChI=1S/C15H18N2O4/c1-3-17(11-14(19)21-2)15(20)13-8-7-12(10-16-13)6-4-5-9-18/h7-8,10,18H,3,5,9,11H2,1-2H3. The molecule has 0 saturated heterocycles. The van der Waals surface area contributed by atoms with Gasteiger partial charge in [0.1, 0.15) is 12.2 Å². The van der Waals surface area contributed by atoms with Gasteiger partial charge in [-0.2, -0.15) is 0 Å². The second-order valence-electron chi connectivity index (χ2n) is 4.10. The molecular formula is C15H18N2O4. The molecule has 1 amide bonds. The van der Waals surface area contributed by atoms with Crippen molar-refractivity contribution in [3.8, 4) is 11.8 Å². The summed E-state index contributed by atoms with van der Waals surface area (Å²) in [4.78, 5) is 28.8. The van der Waals surface area contributed by atoms with Crippen molar-refractivity contribution >= 4 is 11.9 Å². The average molecular weight is 290 g/mol. The molecule has 1 aromatic rings. The molecule has 0 radical (unpaired) electrons. The van der Waals surface area contributed by atoms with E-state index in [-0.39, 0.29) is 24.8 Å². The van der Waals surface area contributed by atoms with E-state index in [1.807, 2.05) is 0 Å². The highest BCUT2D eigenvalue weighted by atomic mass is 16.5. The topological polar surface area (TPSA) is 79.7 Å². The SMILES string of the molecule is CCN(CC(=O)OC)C(=O)c1ccc(C#CCCO)cn1. The number of aliphatic hydroxyl groups is 1. The smallest absolute Gasteiger partial charge is 0.325 e. The minimum atomic E-state index is -0.475. The summed E-state index contributed by atoms with van der Waals surface area (Å²) < 4.78 is 4.55. The first kappa shape index (κ1) is 16.7. The van der Waals surface area contributed by atoms with Gasteiger partial charge in [0.25, 0.3) is 5.91 Å². The first-order chi connectivity index (χ1) is 10.1. The van der Waals surface area contributed by atoms with Crippen LogP contribution >= 0.6 is 0 Å². The van der Waals surface area contributed by atoms with Crippen molar-refractivity contribution in [2.75, 3.05) is 26.8 Å². The average Bonchev–Trinajstić information content (AvgIpc) is 2.52. The minimum absolute atomic E-state index is 0.00991. The number of carbonyl (C=O) groups is 2. The van der Waals surface area contributed by atoms with Gasteiger partial charge < -0.3 is 14.7 Å². The number of amides is 1. The predicted octanol–water partition coefficient (Wildman–Crippen LogP) is 0.451. The summed E-state index contributed by atoms with van der Waals surface area (Å²) in [6, 6.07) is 3.24. The maximum atomic E-state index is 12.2. The highest BCUT2D eigenvalue weighted by molar-refractivity contribution is 5.94. The number of aliphatic hydroxyl groups excluding tert-OH is 1. The fraction of sp³-hybridized carbons (Fsp3) is 0.400. The van der Waals surface area contributed by atoms with Crippen molar-refractivity contribution in [2.45, 2.75) is 13.3 Å². The van der Waals surface area contributed by atoms with Crippen LogP contribution in [-0.4, -0.2) is 53.7 Å². The van der Waals surface area contributed by atoms with Gasteiger partial charge in [0.05, 0.1) is 13.7 Å².